The lowest BCUT2D eigenvalue weighted by Gasteiger charge is -2.31. The zero-order valence-corrected chi connectivity index (χ0v) is 13.7. The molecule has 0 bridgehead atoms. The molecule has 0 spiro atoms. The highest BCUT2D eigenvalue weighted by molar-refractivity contribution is 7.90. The van der Waals surface area contributed by atoms with E-state index in [-0.39, 0.29) is 16.7 Å². The van der Waals surface area contributed by atoms with Crippen LogP contribution >= 0.6 is 0 Å². The van der Waals surface area contributed by atoms with Gasteiger partial charge in [0.05, 0.1) is 10.6 Å². The molecule has 1 saturated heterocycles. The van der Waals surface area contributed by atoms with E-state index in [1.54, 1.807) is 12.1 Å². The van der Waals surface area contributed by atoms with Crippen LogP contribution in [-0.4, -0.2) is 53.1 Å². The van der Waals surface area contributed by atoms with Gasteiger partial charge in [0.15, 0.2) is 9.84 Å². The predicted octanol–water partition coefficient (Wildman–Crippen LogP) is 0.214. The van der Waals surface area contributed by atoms with Crippen LogP contribution in [0.5, 0.6) is 0 Å². The quantitative estimate of drug-likeness (QED) is 0.852. The van der Waals surface area contributed by atoms with E-state index in [2.05, 4.69) is 5.32 Å². The Hall–Kier alpha value is -0.960. The third-order valence-electron chi connectivity index (χ3n) is 3.32. The van der Waals surface area contributed by atoms with E-state index in [1.165, 1.54) is 16.4 Å². The molecule has 1 aromatic rings. The topological polar surface area (TPSA) is 83.6 Å². The molecule has 1 aromatic carbocycles. The minimum atomic E-state index is -3.51. The van der Waals surface area contributed by atoms with Crippen molar-refractivity contribution in [2.45, 2.75) is 23.6 Å². The lowest BCUT2D eigenvalue weighted by atomic mass is 10.2. The second-order valence-electron chi connectivity index (χ2n) is 5.43. The van der Waals surface area contributed by atoms with Crippen molar-refractivity contribution in [2.75, 3.05) is 25.9 Å². The van der Waals surface area contributed by atoms with Crippen LogP contribution in [0.15, 0.2) is 29.2 Å². The summed E-state index contributed by atoms with van der Waals surface area (Å²) in [6, 6.07) is 6.18. The normalized spacial score (nSPS) is 21.3. The van der Waals surface area contributed by atoms with E-state index in [1.807, 2.05) is 6.92 Å². The first kappa shape index (κ1) is 16.4. The minimum Gasteiger partial charge on any atom is -0.312 e. The van der Waals surface area contributed by atoms with Crippen LogP contribution in [0.1, 0.15) is 12.5 Å². The summed E-state index contributed by atoms with van der Waals surface area (Å²) in [5, 5.41) is 3.20. The van der Waals surface area contributed by atoms with Gasteiger partial charge in [-0.3, -0.25) is 0 Å². The molecule has 0 radical (unpaired) electrons. The summed E-state index contributed by atoms with van der Waals surface area (Å²) in [6.45, 7) is 3.45. The van der Waals surface area contributed by atoms with E-state index in [4.69, 9.17) is 0 Å². The molecular weight excluding hydrogens is 312 g/mol. The molecule has 2 rings (SSSR count). The van der Waals surface area contributed by atoms with Gasteiger partial charge >= 0.3 is 0 Å². The molecule has 0 saturated carbocycles. The maximum atomic E-state index is 12.5. The Kier molecular flexibility index (Phi) is 4.72. The second kappa shape index (κ2) is 6.04. The van der Waals surface area contributed by atoms with Crippen LogP contribution in [0.2, 0.25) is 0 Å². The van der Waals surface area contributed by atoms with Gasteiger partial charge in [-0.25, -0.2) is 16.8 Å². The van der Waals surface area contributed by atoms with Crippen LogP contribution in [0, 0.1) is 0 Å². The maximum absolute atomic E-state index is 12.5. The first-order valence-electron chi connectivity index (χ1n) is 6.69. The van der Waals surface area contributed by atoms with Crippen LogP contribution < -0.4 is 5.32 Å². The molecule has 0 amide bonds. The molecular formula is C13H20N2O4S2. The Bertz CT molecular complexity index is 696. The van der Waals surface area contributed by atoms with E-state index in [0.29, 0.717) is 25.2 Å². The van der Waals surface area contributed by atoms with Gasteiger partial charge in [0.2, 0.25) is 10.0 Å². The van der Waals surface area contributed by atoms with Gasteiger partial charge < -0.3 is 5.32 Å². The number of benzene rings is 1. The molecule has 8 heteroatoms. The monoisotopic (exact) mass is 332 g/mol. The zero-order valence-electron chi connectivity index (χ0n) is 12.1. The highest BCUT2D eigenvalue weighted by atomic mass is 32.2. The summed E-state index contributed by atoms with van der Waals surface area (Å²) in [5.41, 5.74) is 0.588. The molecule has 1 heterocycles. The van der Waals surface area contributed by atoms with Crippen molar-refractivity contribution in [3.8, 4) is 0 Å². The summed E-state index contributed by atoms with van der Waals surface area (Å²) in [5.74, 6) is -0.0853. The van der Waals surface area contributed by atoms with Crippen molar-refractivity contribution in [3.05, 3.63) is 29.8 Å². The number of piperazine rings is 1. The molecule has 0 aliphatic carbocycles. The van der Waals surface area contributed by atoms with Crippen LogP contribution in [0.4, 0.5) is 0 Å². The molecule has 6 nitrogen and oxygen atoms in total. The molecule has 1 aliphatic rings. The van der Waals surface area contributed by atoms with Crippen molar-refractivity contribution >= 4 is 19.9 Å². The number of hydrogen-bond donors (Lipinski definition) is 1. The van der Waals surface area contributed by atoms with Gasteiger partial charge in [0, 0.05) is 31.9 Å². The lowest BCUT2D eigenvalue weighted by Crippen LogP contribution is -2.51. The molecule has 118 valence electrons. The highest BCUT2D eigenvalue weighted by Crippen LogP contribution is 2.18. The van der Waals surface area contributed by atoms with Crippen molar-refractivity contribution in [3.63, 3.8) is 0 Å². The van der Waals surface area contributed by atoms with Crippen LogP contribution in [0.25, 0.3) is 0 Å². The molecule has 1 atom stereocenters. The third kappa shape index (κ3) is 4.26. The predicted molar refractivity (Wildman–Crippen MR) is 81.2 cm³/mol. The summed E-state index contributed by atoms with van der Waals surface area (Å²) >= 11 is 0. The smallest absolute Gasteiger partial charge is 0.243 e. The average molecular weight is 332 g/mol. The third-order valence-corrected chi connectivity index (χ3v) is 6.06. The van der Waals surface area contributed by atoms with Crippen molar-refractivity contribution < 1.29 is 16.8 Å². The Morgan fingerprint density at radius 3 is 2.33 bits per heavy atom. The SMILES string of the molecule is C[C@H]1CN(S(=O)(=O)c2ccc(CS(C)(=O)=O)cc2)CCN1. The Labute approximate surface area is 126 Å². The van der Waals surface area contributed by atoms with Gasteiger partial charge in [0.1, 0.15) is 0 Å². The first-order chi connectivity index (χ1) is 9.68. The number of sulfone groups is 1. The van der Waals surface area contributed by atoms with Crippen molar-refractivity contribution in [2.24, 2.45) is 0 Å². The molecule has 1 N–H and O–H groups in total. The number of hydrogen-bond acceptors (Lipinski definition) is 5. The van der Waals surface area contributed by atoms with Gasteiger partial charge in [-0.2, -0.15) is 4.31 Å². The summed E-state index contributed by atoms with van der Waals surface area (Å²) in [7, 11) is -6.63. The number of sulfonamides is 1. The summed E-state index contributed by atoms with van der Waals surface area (Å²) in [6.07, 6.45) is 1.15. The number of nitrogens with one attached hydrogen (secondary N) is 1. The summed E-state index contributed by atoms with van der Waals surface area (Å²) in [4.78, 5) is 0.203. The molecule has 21 heavy (non-hydrogen) atoms. The lowest BCUT2D eigenvalue weighted by molar-refractivity contribution is 0.310. The van der Waals surface area contributed by atoms with Gasteiger partial charge in [0.25, 0.3) is 0 Å². The van der Waals surface area contributed by atoms with Crippen LogP contribution in [-0.2, 0) is 25.6 Å². The van der Waals surface area contributed by atoms with Crippen molar-refractivity contribution in [1.29, 1.82) is 0 Å². The van der Waals surface area contributed by atoms with Crippen LogP contribution in [0.3, 0.4) is 0 Å². The van der Waals surface area contributed by atoms with Crippen molar-refractivity contribution in [1.82, 2.24) is 9.62 Å². The number of rotatable bonds is 4. The number of nitrogens with zero attached hydrogens (tertiary/aromatic N) is 1. The van der Waals surface area contributed by atoms with Gasteiger partial charge in [-0.15, -0.1) is 0 Å². The van der Waals surface area contributed by atoms with E-state index < -0.39 is 19.9 Å². The standard InChI is InChI=1S/C13H20N2O4S2/c1-11-9-15(8-7-14-11)21(18,19)13-5-3-12(4-6-13)10-20(2,16)17/h3-6,11,14H,7-10H2,1-2H3/t11-/m0/s1. The fourth-order valence-electron chi connectivity index (χ4n) is 2.32. The second-order valence-corrected chi connectivity index (χ2v) is 9.51. The Balaban J connectivity index is 2.21. The average Bonchev–Trinajstić information content (AvgIpc) is 2.37. The first-order valence-corrected chi connectivity index (χ1v) is 10.2. The fraction of sp³-hybridized carbons (Fsp3) is 0.538. The Morgan fingerprint density at radius 2 is 1.81 bits per heavy atom. The molecule has 0 unspecified atom stereocenters. The molecule has 1 fully saturated rings. The molecule has 1 aliphatic heterocycles. The fourth-order valence-corrected chi connectivity index (χ4v) is 4.65. The van der Waals surface area contributed by atoms with Gasteiger partial charge in [-0.1, -0.05) is 12.1 Å². The minimum absolute atomic E-state index is 0.0853. The highest BCUT2D eigenvalue weighted by Gasteiger charge is 2.28. The largest absolute Gasteiger partial charge is 0.312 e. The molecule has 0 aromatic heterocycles. The summed E-state index contributed by atoms with van der Waals surface area (Å²) < 4.78 is 48.9. The van der Waals surface area contributed by atoms with E-state index in [0.717, 1.165) is 6.26 Å². The van der Waals surface area contributed by atoms with Gasteiger partial charge in [-0.05, 0) is 24.6 Å². The van der Waals surface area contributed by atoms with E-state index >= 15 is 0 Å². The Morgan fingerprint density at radius 1 is 1.19 bits per heavy atom. The zero-order chi connectivity index (χ0) is 15.7. The van der Waals surface area contributed by atoms with E-state index in [9.17, 15) is 16.8 Å². The maximum Gasteiger partial charge on any atom is 0.243 e.